The Hall–Kier alpha value is -4.11. The van der Waals surface area contributed by atoms with Crippen LogP contribution >= 0.6 is 11.6 Å². The number of halogens is 2. The molecule has 40 heavy (non-hydrogen) atoms. The number of aliphatic imine (C=N–C) groups is 1. The van der Waals surface area contributed by atoms with Gasteiger partial charge >= 0.3 is 6.03 Å². The van der Waals surface area contributed by atoms with Crippen molar-refractivity contribution in [2.75, 3.05) is 13.7 Å². The molecule has 0 spiro atoms. The second-order valence-electron chi connectivity index (χ2n) is 9.94. The summed E-state index contributed by atoms with van der Waals surface area (Å²) in [6.07, 6.45) is 5.72. The first kappa shape index (κ1) is 27.5. The zero-order chi connectivity index (χ0) is 28.4. The minimum absolute atomic E-state index is 0.150. The lowest BCUT2D eigenvalue weighted by molar-refractivity contribution is -0.120. The van der Waals surface area contributed by atoms with Gasteiger partial charge in [0.05, 0.1) is 25.0 Å². The minimum atomic E-state index is -0.652. The molecule has 2 aromatic carbocycles. The molecule has 0 saturated carbocycles. The molecule has 0 saturated heterocycles. The lowest BCUT2D eigenvalue weighted by Gasteiger charge is -2.34. The summed E-state index contributed by atoms with van der Waals surface area (Å²) in [5, 5.41) is 3.13. The predicted octanol–water partition coefficient (Wildman–Crippen LogP) is 6.00. The molecule has 2 unspecified atom stereocenters. The van der Waals surface area contributed by atoms with Crippen LogP contribution in [0.1, 0.15) is 49.9 Å². The van der Waals surface area contributed by atoms with Gasteiger partial charge in [0.25, 0.3) is 0 Å². The quantitative estimate of drug-likeness (QED) is 0.466. The van der Waals surface area contributed by atoms with Gasteiger partial charge in [-0.15, -0.1) is 0 Å². The number of urea groups is 1. The van der Waals surface area contributed by atoms with Crippen LogP contribution in [0.2, 0.25) is 5.02 Å². The van der Waals surface area contributed by atoms with Crippen molar-refractivity contribution in [2.45, 2.75) is 44.9 Å². The van der Waals surface area contributed by atoms with Crippen LogP contribution in [0.4, 0.5) is 9.18 Å². The molecule has 1 aliphatic carbocycles. The molecule has 208 valence electrons. The van der Waals surface area contributed by atoms with Gasteiger partial charge in [0, 0.05) is 35.5 Å². The van der Waals surface area contributed by atoms with Gasteiger partial charge in [-0.05, 0) is 55.7 Å². The number of carbonyl (C=O) groups is 2. The van der Waals surface area contributed by atoms with Crippen LogP contribution in [0.5, 0.6) is 0 Å². The van der Waals surface area contributed by atoms with Crippen LogP contribution < -0.4 is 5.32 Å². The molecule has 0 aromatic heterocycles. The number of allylic oxidation sites excluding steroid dienone is 2. The number of benzene rings is 2. The van der Waals surface area contributed by atoms with Crippen LogP contribution in [-0.2, 0) is 14.3 Å². The summed E-state index contributed by atoms with van der Waals surface area (Å²) >= 11 is 6.21. The highest BCUT2D eigenvalue weighted by atomic mass is 35.5. The van der Waals surface area contributed by atoms with Crippen molar-refractivity contribution in [1.82, 2.24) is 15.1 Å². The van der Waals surface area contributed by atoms with Gasteiger partial charge in [0.15, 0.2) is 0 Å². The van der Waals surface area contributed by atoms with E-state index in [1.165, 1.54) is 29.4 Å². The number of methoxy groups -OCH3 is 1. The molecule has 3 amide bonds. The van der Waals surface area contributed by atoms with E-state index in [2.05, 4.69) is 5.32 Å². The maximum Gasteiger partial charge on any atom is 0.330 e. The Morgan fingerprint density at radius 1 is 1.15 bits per heavy atom. The van der Waals surface area contributed by atoms with Gasteiger partial charge in [0.2, 0.25) is 5.91 Å². The number of amides is 3. The van der Waals surface area contributed by atoms with E-state index in [1.54, 1.807) is 36.3 Å². The Balaban J connectivity index is 1.72. The van der Waals surface area contributed by atoms with Crippen LogP contribution in [-0.4, -0.2) is 47.3 Å². The largest absolute Gasteiger partial charge is 0.501 e. The Kier molecular flexibility index (Phi) is 7.93. The molecule has 0 bridgehead atoms. The first-order chi connectivity index (χ1) is 19.2. The maximum absolute atomic E-state index is 14.5. The maximum atomic E-state index is 14.5. The van der Waals surface area contributed by atoms with Crippen molar-refractivity contribution in [1.29, 1.82) is 0 Å². The molecule has 10 heteroatoms. The van der Waals surface area contributed by atoms with E-state index in [1.807, 2.05) is 32.1 Å². The Bertz CT molecular complexity index is 1430. The van der Waals surface area contributed by atoms with E-state index in [4.69, 9.17) is 26.1 Å². The summed E-state index contributed by atoms with van der Waals surface area (Å²) < 4.78 is 26.2. The van der Waals surface area contributed by atoms with E-state index in [9.17, 15) is 14.0 Å². The molecule has 0 fully saturated rings. The van der Waals surface area contributed by atoms with Crippen LogP contribution in [0.25, 0.3) is 0 Å². The van der Waals surface area contributed by atoms with E-state index < -0.39 is 23.9 Å². The summed E-state index contributed by atoms with van der Waals surface area (Å²) in [6.45, 7) is 3.68. The summed E-state index contributed by atoms with van der Waals surface area (Å²) in [4.78, 5) is 34.5. The summed E-state index contributed by atoms with van der Waals surface area (Å²) in [7, 11) is 1.61. The van der Waals surface area contributed by atoms with Crippen LogP contribution in [0.3, 0.4) is 0 Å². The highest BCUT2D eigenvalue weighted by Gasteiger charge is 2.45. The molecule has 1 N–H and O–H groups in total. The number of nitrogens with one attached hydrogen (secondary N) is 1. The fourth-order valence-electron chi connectivity index (χ4n) is 5.07. The number of hydrogen-bond donors (Lipinski definition) is 1. The lowest BCUT2D eigenvalue weighted by atomic mass is 9.93. The summed E-state index contributed by atoms with van der Waals surface area (Å²) in [5.41, 5.74) is 2.09. The molecular weight excluding hydrogens is 535 g/mol. The number of ether oxygens (including phenoxy) is 2. The van der Waals surface area contributed by atoms with Gasteiger partial charge in [-0.25, -0.2) is 9.18 Å². The Morgan fingerprint density at radius 2 is 1.93 bits per heavy atom. The van der Waals surface area contributed by atoms with Gasteiger partial charge < -0.3 is 14.8 Å². The average molecular weight is 565 g/mol. The number of amidine groups is 1. The van der Waals surface area contributed by atoms with E-state index in [0.717, 1.165) is 16.9 Å². The summed E-state index contributed by atoms with van der Waals surface area (Å²) in [6, 6.07) is 11.6. The molecule has 2 heterocycles. The second kappa shape index (κ2) is 11.6. The molecule has 2 aromatic rings. The van der Waals surface area contributed by atoms with Crippen molar-refractivity contribution in [3.8, 4) is 0 Å². The highest BCUT2D eigenvalue weighted by molar-refractivity contribution is 6.30. The number of nitrogens with zero attached hydrogens (tertiary/aromatic N) is 3. The van der Waals surface area contributed by atoms with Gasteiger partial charge in [-0.2, -0.15) is 0 Å². The number of rotatable bonds is 6. The fraction of sp³-hybridized carbons (Fsp3) is 0.300. The van der Waals surface area contributed by atoms with Crippen molar-refractivity contribution in [3.05, 3.63) is 106 Å². The lowest BCUT2D eigenvalue weighted by Crippen LogP contribution is -2.49. The summed E-state index contributed by atoms with van der Waals surface area (Å²) in [5.74, 6) is 0.990. The van der Waals surface area contributed by atoms with E-state index in [0.29, 0.717) is 35.0 Å². The number of hydrogen-bond acceptors (Lipinski definition) is 5. The fourth-order valence-corrected chi connectivity index (χ4v) is 5.20. The standard InChI is InChI=1S/C30H30ClFN4O4/c1-18(2)40-25-16-23(39-3)11-12-24(25)29-34-27(20-5-4-6-22(32)15-20)28(19-7-9-21(31)10-8-19)36(29)30(38)35-14-13-33-26(37)17-35/h4-10,13-16,18,27-28H,11-12,17H2,1-3H3,(H,33,37). The molecule has 3 aliphatic rings. The smallest absolute Gasteiger partial charge is 0.330 e. The molecule has 0 radical (unpaired) electrons. The molecule has 2 atom stereocenters. The SMILES string of the molecule is COC1=CC(OC(C)C)=C(C2=NC(c3cccc(F)c3)C(c3ccc(Cl)cc3)N2C(=O)N2C=CNC(=O)C2)CC1. The second-order valence-corrected chi connectivity index (χ2v) is 10.4. The van der Waals surface area contributed by atoms with Crippen LogP contribution in [0.15, 0.2) is 89.1 Å². The van der Waals surface area contributed by atoms with Gasteiger partial charge in [0.1, 0.15) is 30.0 Å². The van der Waals surface area contributed by atoms with Crippen molar-refractivity contribution >= 4 is 29.4 Å². The average Bonchev–Trinajstić information content (AvgIpc) is 3.33. The van der Waals surface area contributed by atoms with E-state index in [-0.39, 0.29) is 18.6 Å². The van der Waals surface area contributed by atoms with Crippen molar-refractivity contribution in [2.24, 2.45) is 4.99 Å². The van der Waals surface area contributed by atoms with Crippen molar-refractivity contribution in [3.63, 3.8) is 0 Å². The Morgan fingerprint density at radius 3 is 2.60 bits per heavy atom. The van der Waals surface area contributed by atoms with E-state index >= 15 is 0 Å². The number of carbonyl (C=O) groups excluding carboxylic acids is 2. The monoisotopic (exact) mass is 564 g/mol. The van der Waals surface area contributed by atoms with Crippen LogP contribution in [0, 0.1) is 5.82 Å². The molecular formula is C30H30ClFN4O4. The van der Waals surface area contributed by atoms with Gasteiger partial charge in [-0.3, -0.25) is 19.6 Å². The minimum Gasteiger partial charge on any atom is -0.501 e. The third-order valence-electron chi connectivity index (χ3n) is 6.84. The Labute approximate surface area is 237 Å². The highest BCUT2D eigenvalue weighted by Crippen LogP contribution is 2.46. The molecule has 5 rings (SSSR count). The molecule has 2 aliphatic heterocycles. The zero-order valence-corrected chi connectivity index (χ0v) is 23.2. The zero-order valence-electron chi connectivity index (χ0n) is 22.4. The topological polar surface area (TPSA) is 83.5 Å². The first-order valence-corrected chi connectivity index (χ1v) is 13.4. The first-order valence-electron chi connectivity index (χ1n) is 13.0. The third-order valence-corrected chi connectivity index (χ3v) is 7.09. The normalized spacial score (nSPS) is 20.9. The molecule has 8 nitrogen and oxygen atoms in total. The third kappa shape index (κ3) is 5.60. The van der Waals surface area contributed by atoms with Crippen molar-refractivity contribution < 1.29 is 23.5 Å². The predicted molar refractivity (Wildman–Crippen MR) is 150 cm³/mol. The van der Waals surface area contributed by atoms with Gasteiger partial charge in [-0.1, -0.05) is 35.9 Å².